The maximum absolute atomic E-state index is 12.4. The molecule has 19 heavy (non-hydrogen) atoms. The van der Waals surface area contributed by atoms with Crippen LogP contribution >= 0.6 is 27.5 Å². The molecule has 0 bridgehead atoms. The summed E-state index contributed by atoms with van der Waals surface area (Å²) in [6.07, 6.45) is 3.07. The lowest BCUT2D eigenvalue weighted by Crippen LogP contribution is -2.40. The van der Waals surface area contributed by atoms with Crippen molar-refractivity contribution in [3.8, 4) is 5.75 Å². The van der Waals surface area contributed by atoms with Crippen LogP contribution in [0.2, 0.25) is 0 Å². The second-order valence-corrected chi connectivity index (χ2v) is 6.19. The van der Waals surface area contributed by atoms with Gasteiger partial charge in [0.1, 0.15) is 5.75 Å². The Hall–Kier alpha value is -0.740. The number of hydrogen-bond acceptors (Lipinski definition) is 2. The van der Waals surface area contributed by atoms with Crippen LogP contribution in [0.5, 0.6) is 5.75 Å². The Morgan fingerprint density at radius 2 is 2.32 bits per heavy atom. The second-order valence-electron chi connectivity index (χ2n) is 4.90. The first-order valence-electron chi connectivity index (χ1n) is 6.45. The van der Waals surface area contributed by atoms with Gasteiger partial charge in [0, 0.05) is 23.4 Å². The Kier molecular flexibility index (Phi) is 5.11. The van der Waals surface area contributed by atoms with Crippen molar-refractivity contribution in [2.75, 3.05) is 19.0 Å². The number of phenols is 1. The van der Waals surface area contributed by atoms with Gasteiger partial charge in [0.15, 0.2) is 0 Å². The Bertz CT molecular complexity index is 465. The van der Waals surface area contributed by atoms with Crippen molar-refractivity contribution >= 4 is 33.4 Å². The van der Waals surface area contributed by atoms with Crippen LogP contribution in [0.25, 0.3) is 0 Å². The van der Waals surface area contributed by atoms with Crippen LogP contribution in [0, 0.1) is 5.92 Å². The molecule has 1 aromatic rings. The number of piperidine rings is 1. The molecule has 1 N–H and O–H groups in total. The van der Waals surface area contributed by atoms with Crippen molar-refractivity contribution in [2.45, 2.75) is 19.3 Å². The van der Waals surface area contributed by atoms with Gasteiger partial charge in [-0.15, -0.1) is 11.6 Å². The first-order valence-corrected chi connectivity index (χ1v) is 7.78. The van der Waals surface area contributed by atoms with Crippen LogP contribution < -0.4 is 0 Å². The molecular weight excluding hydrogens is 330 g/mol. The summed E-state index contributed by atoms with van der Waals surface area (Å²) in [5, 5.41) is 9.86. The van der Waals surface area contributed by atoms with Gasteiger partial charge in [-0.3, -0.25) is 4.79 Å². The summed E-state index contributed by atoms with van der Waals surface area (Å²) in [6, 6.07) is 4.98. The van der Waals surface area contributed by atoms with Gasteiger partial charge < -0.3 is 10.0 Å². The molecular formula is C14H17BrClNO2. The molecule has 1 aliphatic rings. The second kappa shape index (κ2) is 6.62. The van der Waals surface area contributed by atoms with Crippen molar-refractivity contribution < 1.29 is 9.90 Å². The van der Waals surface area contributed by atoms with E-state index < -0.39 is 0 Å². The predicted octanol–water partition coefficient (Wildman–Crippen LogP) is 3.64. The lowest BCUT2D eigenvalue weighted by molar-refractivity contribution is 0.0668. The third kappa shape index (κ3) is 3.63. The van der Waals surface area contributed by atoms with E-state index in [9.17, 15) is 9.90 Å². The van der Waals surface area contributed by atoms with Crippen molar-refractivity contribution in [1.29, 1.82) is 0 Å². The van der Waals surface area contributed by atoms with E-state index >= 15 is 0 Å². The SMILES string of the molecule is O=C(c1ccc(Br)cc1O)N1CCCC(CCCl)C1. The zero-order chi connectivity index (χ0) is 13.8. The molecule has 0 aliphatic carbocycles. The number of carbonyl (C=O) groups excluding carboxylic acids is 1. The van der Waals surface area contributed by atoms with Crippen LogP contribution in [0.3, 0.4) is 0 Å². The zero-order valence-electron chi connectivity index (χ0n) is 10.6. The molecule has 104 valence electrons. The van der Waals surface area contributed by atoms with Gasteiger partial charge in [-0.05, 0) is 43.4 Å². The fourth-order valence-electron chi connectivity index (χ4n) is 2.50. The minimum Gasteiger partial charge on any atom is -0.507 e. The highest BCUT2D eigenvalue weighted by molar-refractivity contribution is 9.10. The molecule has 1 atom stereocenters. The van der Waals surface area contributed by atoms with Gasteiger partial charge >= 0.3 is 0 Å². The van der Waals surface area contributed by atoms with Crippen molar-refractivity contribution in [3.63, 3.8) is 0 Å². The predicted molar refractivity (Wildman–Crippen MR) is 79.8 cm³/mol. The first kappa shape index (κ1) is 14.7. The maximum Gasteiger partial charge on any atom is 0.257 e. The molecule has 1 aliphatic heterocycles. The van der Waals surface area contributed by atoms with Crippen LogP contribution in [0.15, 0.2) is 22.7 Å². The molecule has 0 aromatic heterocycles. The molecule has 2 rings (SSSR count). The number of rotatable bonds is 3. The zero-order valence-corrected chi connectivity index (χ0v) is 13.0. The Labute approximate surface area is 126 Å². The molecule has 1 amide bonds. The molecule has 0 saturated carbocycles. The van der Waals surface area contributed by atoms with Crippen molar-refractivity contribution in [1.82, 2.24) is 4.90 Å². The summed E-state index contributed by atoms with van der Waals surface area (Å²) >= 11 is 9.05. The molecule has 3 nitrogen and oxygen atoms in total. The van der Waals surface area contributed by atoms with Gasteiger partial charge in [0.05, 0.1) is 5.56 Å². The van der Waals surface area contributed by atoms with Crippen LogP contribution in [0.4, 0.5) is 0 Å². The number of nitrogens with zero attached hydrogens (tertiary/aromatic N) is 1. The third-order valence-electron chi connectivity index (χ3n) is 3.51. The number of halogens is 2. The number of likely N-dealkylation sites (tertiary alicyclic amines) is 1. The van der Waals surface area contributed by atoms with E-state index in [1.807, 2.05) is 4.90 Å². The summed E-state index contributed by atoms with van der Waals surface area (Å²) in [7, 11) is 0. The molecule has 1 saturated heterocycles. The minimum atomic E-state index is -0.0933. The van der Waals surface area contributed by atoms with Gasteiger partial charge in [0.25, 0.3) is 5.91 Å². The summed E-state index contributed by atoms with van der Waals surface area (Å²) in [6.45, 7) is 1.49. The largest absolute Gasteiger partial charge is 0.507 e. The Balaban J connectivity index is 2.10. The molecule has 1 fully saturated rings. The molecule has 1 heterocycles. The number of carbonyl (C=O) groups is 1. The van der Waals surface area contributed by atoms with Gasteiger partial charge in [-0.1, -0.05) is 15.9 Å². The van der Waals surface area contributed by atoms with E-state index in [2.05, 4.69) is 15.9 Å². The van der Waals surface area contributed by atoms with Crippen LogP contribution in [-0.4, -0.2) is 34.9 Å². The monoisotopic (exact) mass is 345 g/mol. The standard InChI is InChI=1S/C14H17BrClNO2/c15-11-3-4-12(13(18)8-11)14(19)17-7-1-2-10(9-17)5-6-16/h3-4,8,10,18H,1-2,5-7,9H2. The lowest BCUT2D eigenvalue weighted by Gasteiger charge is -2.32. The average molecular weight is 347 g/mol. The highest BCUT2D eigenvalue weighted by atomic mass is 79.9. The average Bonchev–Trinajstić information content (AvgIpc) is 2.39. The van der Waals surface area contributed by atoms with Crippen molar-refractivity contribution in [3.05, 3.63) is 28.2 Å². The number of benzene rings is 1. The third-order valence-corrected chi connectivity index (χ3v) is 4.23. The van der Waals surface area contributed by atoms with Gasteiger partial charge in [-0.2, -0.15) is 0 Å². The highest BCUT2D eigenvalue weighted by Gasteiger charge is 2.25. The summed E-state index contributed by atoms with van der Waals surface area (Å²) in [5.74, 6) is 1.05. The van der Waals surface area contributed by atoms with E-state index in [4.69, 9.17) is 11.6 Å². The summed E-state index contributed by atoms with van der Waals surface area (Å²) in [4.78, 5) is 14.2. The van der Waals surface area contributed by atoms with E-state index in [0.29, 0.717) is 17.4 Å². The van der Waals surface area contributed by atoms with Crippen molar-refractivity contribution in [2.24, 2.45) is 5.92 Å². The van der Waals surface area contributed by atoms with Gasteiger partial charge in [0.2, 0.25) is 0 Å². The first-order chi connectivity index (χ1) is 9.11. The van der Waals surface area contributed by atoms with Crippen LogP contribution in [0.1, 0.15) is 29.6 Å². The fourth-order valence-corrected chi connectivity index (χ4v) is 3.15. The normalized spacial score (nSPS) is 19.5. The molecule has 1 aromatic carbocycles. The topological polar surface area (TPSA) is 40.5 Å². The molecule has 0 radical (unpaired) electrons. The molecule has 5 heteroatoms. The summed E-state index contributed by atoms with van der Waals surface area (Å²) < 4.78 is 0.764. The molecule has 1 unspecified atom stereocenters. The van der Waals surface area contributed by atoms with E-state index in [1.165, 1.54) is 0 Å². The van der Waals surface area contributed by atoms with E-state index in [1.54, 1.807) is 18.2 Å². The highest BCUT2D eigenvalue weighted by Crippen LogP contribution is 2.26. The summed E-state index contributed by atoms with van der Waals surface area (Å²) in [5.41, 5.74) is 0.370. The maximum atomic E-state index is 12.4. The lowest BCUT2D eigenvalue weighted by atomic mass is 9.95. The quantitative estimate of drug-likeness (QED) is 0.849. The number of phenolic OH excluding ortho intramolecular Hbond substituents is 1. The van der Waals surface area contributed by atoms with E-state index in [-0.39, 0.29) is 11.7 Å². The number of alkyl halides is 1. The van der Waals surface area contributed by atoms with Crippen LogP contribution in [-0.2, 0) is 0 Å². The minimum absolute atomic E-state index is 0.0267. The fraction of sp³-hybridized carbons (Fsp3) is 0.500. The number of amides is 1. The number of hydrogen-bond donors (Lipinski definition) is 1. The van der Waals surface area contributed by atoms with Gasteiger partial charge in [-0.25, -0.2) is 0 Å². The smallest absolute Gasteiger partial charge is 0.257 e. The number of aromatic hydroxyl groups is 1. The Morgan fingerprint density at radius 1 is 1.53 bits per heavy atom. The Morgan fingerprint density at radius 3 is 3.00 bits per heavy atom. The van der Waals surface area contributed by atoms with E-state index in [0.717, 1.165) is 36.8 Å². The molecule has 0 spiro atoms.